The monoisotopic (exact) mass is 298 g/mol. The molecule has 0 aliphatic carbocycles. The summed E-state index contributed by atoms with van der Waals surface area (Å²) < 4.78 is 0. The number of hydrogen-bond acceptors (Lipinski definition) is 4. The molecule has 20 heavy (non-hydrogen) atoms. The summed E-state index contributed by atoms with van der Waals surface area (Å²) in [7, 11) is 0. The van der Waals surface area contributed by atoms with E-state index in [4.69, 9.17) is 5.11 Å². The SMILES string of the molecule is CC(=O)NC(CC(=O)N(CCO)C(C)C)c1cccs1. The van der Waals surface area contributed by atoms with E-state index in [9.17, 15) is 9.59 Å². The van der Waals surface area contributed by atoms with E-state index >= 15 is 0 Å². The second kappa shape index (κ2) is 8.01. The van der Waals surface area contributed by atoms with Crippen LogP contribution in [0.3, 0.4) is 0 Å². The topological polar surface area (TPSA) is 69.6 Å². The summed E-state index contributed by atoms with van der Waals surface area (Å²) in [5, 5.41) is 13.8. The van der Waals surface area contributed by atoms with E-state index in [-0.39, 0.29) is 36.9 Å². The third-order valence-corrected chi connectivity index (χ3v) is 3.91. The second-order valence-corrected chi connectivity index (χ2v) is 5.86. The Morgan fingerprint density at radius 1 is 1.45 bits per heavy atom. The van der Waals surface area contributed by atoms with Crippen molar-refractivity contribution in [3.05, 3.63) is 22.4 Å². The molecule has 0 aliphatic rings. The second-order valence-electron chi connectivity index (χ2n) is 4.88. The average Bonchev–Trinajstić information content (AvgIpc) is 2.87. The van der Waals surface area contributed by atoms with Gasteiger partial charge in [0.1, 0.15) is 0 Å². The van der Waals surface area contributed by atoms with Gasteiger partial charge in [-0.05, 0) is 25.3 Å². The summed E-state index contributed by atoms with van der Waals surface area (Å²) in [6.07, 6.45) is 0.207. The molecule has 112 valence electrons. The van der Waals surface area contributed by atoms with Crippen LogP contribution in [0.4, 0.5) is 0 Å². The highest BCUT2D eigenvalue weighted by molar-refractivity contribution is 7.10. The van der Waals surface area contributed by atoms with Gasteiger partial charge in [-0.25, -0.2) is 0 Å². The van der Waals surface area contributed by atoms with Crippen molar-refractivity contribution in [1.82, 2.24) is 10.2 Å². The molecule has 0 saturated heterocycles. The first-order chi connectivity index (χ1) is 9.45. The Kier molecular flexibility index (Phi) is 6.67. The van der Waals surface area contributed by atoms with Crippen molar-refractivity contribution in [2.45, 2.75) is 39.3 Å². The van der Waals surface area contributed by atoms with Crippen LogP contribution in [-0.2, 0) is 9.59 Å². The van der Waals surface area contributed by atoms with Crippen molar-refractivity contribution in [2.24, 2.45) is 0 Å². The quantitative estimate of drug-likeness (QED) is 0.802. The summed E-state index contributed by atoms with van der Waals surface area (Å²) in [5.74, 6) is -0.226. The van der Waals surface area contributed by atoms with Gasteiger partial charge in [0, 0.05) is 24.4 Å². The van der Waals surface area contributed by atoms with Crippen LogP contribution >= 0.6 is 11.3 Å². The molecule has 1 aromatic rings. The van der Waals surface area contributed by atoms with Gasteiger partial charge in [-0.2, -0.15) is 0 Å². The van der Waals surface area contributed by atoms with Crippen molar-refractivity contribution >= 4 is 23.2 Å². The van der Waals surface area contributed by atoms with Crippen molar-refractivity contribution < 1.29 is 14.7 Å². The maximum atomic E-state index is 12.3. The van der Waals surface area contributed by atoms with Crippen LogP contribution in [0, 0.1) is 0 Å². The first-order valence-corrected chi connectivity index (χ1v) is 7.54. The Morgan fingerprint density at radius 3 is 2.60 bits per heavy atom. The molecule has 6 heteroatoms. The third-order valence-electron chi connectivity index (χ3n) is 2.93. The number of rotatable bonds is 7. The van der Waals surface area contributed by atoms with Crippen molar-refractivity contribution in [2.75, 3.05) is 13.2 Å². The molecular weight excluding hydrogens is 276 g/mol. The molecule has 1 aromatic heterocycles. The number of carbonyl (C=O) groups is 2. The van der Waals surface area contributed by atoms with Crippen LogP contribution in [0.2, 0.25) is 0 Å². The molecule has 5 nitrogen and oxygen atoms in total. The fourth-order valence-electron chi connectivity index (χ4n) is 2.03. The standard InChI is InChI=1S/C14H22N2O3S/c1-10(2)16(6-7-17)14(19)9-12(15-11(3)18)13-5-4-8-20-13/h4-5,8,10,12,17H,6-7,9H2,1-3H3,(H,15,18). The van der Waals surface area contributed by atoms with Gasteiger partial charge in [-0.1, -0.05) is 6.07 Å². The van der Waals surface area contributed by atoms with E-state index in [2.05, 4.69) is 5.32 Å². The Hall–Kier alpha value is -1.40. The number of aliphatic hydroxyl groups excluding tert-OH is 1. The predicted molar refractivity (Wildman–Crippen MR) is 79.4 cm³/mol. The molecule has 1 rings (SSSR count). The minimum atomic E-state index is -0.306. The Labute approximate surface area is 123 Å². The smallest absolute Gasteiger partial charge is 0.225 e. The zero-order valence-corrected chi connectivity index (χ0v) is 12.9. The molecule has 1 heterocycles. The van der Waals surface area contributed by atoms with E-state index < -0.39 is 0 Å². The zero-order chi connectivity index (χ0) is 15.1. The largest absolute Gasteiger partial charge is 0.395 e. The number of carbonyl (C=O) groups excluding carboxylic acids is 2. The van der Waals surface area contributed by atoms with Gasteiger partial charge in [-0.3, -0.25) is 9.59 Å². The van der Waals surface area contributed by atoms with Gasteiger partial charge < -0.3 is 15.3 Å². The Balaban J connectivity index is 2.78. The molecule has 0 saturated carbocycles. The first kappa shape index (κ1) is 16.7. The zero-order valence-electron chi connectivity index (χ0n) is 12.1. The average molecular weight is 298 g/mol. The lowest BCUT2D eigenvalue weighted by molar-refractivity contribution is -0.134. The summed E-state index contributed by atoms with van der Waals surface area (Å²) in [6.45, 7) is 5.51. The molecule has 0 aliphatic heterocycles. The van der Waals surface area contributed by atoms with Crippen LogP contribution in [0.5, 0.6) is 0 Å². The molecule has 0 radical (unpaired) electrons. The number of amides is 2. The van der Waals surface area contributed by atoms with E-state index in [0.717, 1.165) is 4.88 Å². The molecule has 0 aromatic carbocycles. The maximum Gasteiger partial charge on any atom is 0.225 e. The van der Waals surface area contributed by atoms with Crippen molar-refractivity contribution in [1.29, 1.82) is 0 Å². The molecule has 0 spiro atoms. The molecule has 1 unspecified atom stereocenters. The Morgan fingerprint density at radius 2 is 2.15 bits per heavy atom. The van der Waals surface area contributed by atoms with Crippen molar-refractivity contribution in [3.63, 3.8) is 0 Å². The van der Waals surface area contributed by atoms with Gasteiger partial charge in [0.2, 0.25) is 11.8 Å². The maximum absolute atomic E-state index is 12.3. The van der Waals surface area contributed by atoms with E-state index in [0.29, 0.717) is 6.54 Å². The highest BCUT2D eigenvalue weighted by Gasteiger charge is 2.23. The lowest BCUT2D eigenvalue weighted by atomic mass is 10.1. The summed E-state index contributed by atoms with van der Waals surface area (Å²) in [6, 6.07) is 3.52. The van der Waals surface area contributed by atoms with Crippen LogP contribution in [0.15, 0.2) is 17.5 Å². The summed E-state index contributed by atoms with van der Waals surface area (Å²) in [4.78, 5) is 26.2. The van der Waals surface area contributed by atoms with Gasteiger partial charge >= 0.3 is 0 Å². The first-order valence-electron chi connectivity index (χ1n) is 6.66. The van der Waals surface area contributed by atoms with Crippen LogP contribution in [-0.4, -0.2) is 41.0 Å². The molecule has 2 N–H and O–H groups in total. The van der Waals surface area contributed by atoms with Gasteiger partial charge in [0.15, 0.2) is 0 Å². The van der Waals surface area contributed by atoms with Gasteiger partial charge in [-0.15, -0.1) is 11.3 Å². The highest BCUT2D eigenvalue weighted by Crippen LogP contribution is 2.23. The fraction of sp³-hybridized carbons (Fsp3) is 0.571. The van der Waals surface area contributed by atoms with Crippen LogP contribution in [0.25, 0.3) is 0 Å². The lowest BCUT2D eigenvalue weighted by Gasteiger charge is -2.28. The molecule has 1 atom stereocenters. The molecule has 0 bridgehead atoms. The lowest BCUT2D eigenvalue weighted by Crippen LogP contribution is -2.41. The molecular formula is C14H22N2O3S. The number of thiophene rings is 1. The summed E-state index contributed by atoms with van der Waals surface area (Å²) >= 11 is 1.51. The fourth-order valence-corrected chi connectivity index (χ4v) is 2.81. The van der Waals surface area contributed by atoms with Gasteiger partial charge in [0.25, 0.3) is 0 Å². The van der Waals surface area contributed by atoms with E-state index in [1.54, 1.807) is 4.90 Å². The van der Waals surface area contributed by atoms with Crippen LogP contribution in [0.1, 0.15) is 38.1 Å². The highest BCUT2D eigenvalue weighted by atomic mass is 32.1. The summed E-state index contributed by atoms with van der Waals surface area (Å²) in [5.41, 5.74) is 0. The van der Waals surface area contributed by atoms with E-state index in [1.807, 2.05) is 31.4 Å². The van der Waals surface area contributed by atoms with Gasteiger partial charge in [0.05, 0.1) is 19.1 Å². The van der Waals surface area contributed by atoms with Crippen molar-refractivity contribution in [3.8, 4) is 0 Å². The molecule has 0 fully saturated rings. The Bertz CT molecular complexity index is 432. The number of aliphatic hydroxyl groups is 1. The number of hydrogen-bond donors (Lipinski definition) is 2. The van der Waals surface area contributed by atoms with Crippen LogP contribution < -0.4 is 5.32 Å². The van der Waals surface area contributed by atoms with E-state index in [1.165, 1.54) is 18.3 Å². The number of nitrogens with zero attached hydrogens (tertiary/aromatic N) is 1. The third kappa shape index (κ3) is 4.94. The normalized spacial score (nSPS) is 12.2. The number of nitrogens with one attached hydrogen (secondary N) is 1. The minimum absolute atomic E-state index is 0.0240. The molecule has 2 amide bonds. The predicted octanol–water partition coefficient (Wildman–Crippen LogP) is 1.54. The minimum Gasteiger partial charge on any atom is -0.395 e.